The minimum Gasteiger partial charge on any atom is -0.384 e. The van der Waals surface area contributed by atoms with Crippen molar-refractivity contribution in [3.05, 3.63) is 35.8 Å². The molecule has 1 N–H and O–H groups in total. The molecule has 7 nitrogen and oxygen atoms in total. The SMILES string of the molecule is C=C=C(C)CC(=O)N1CCN(C(=O)[C@H]2CC[C@@H](COC)C2)C(c2cn[nH]c2)C1. The molecule has 3 atom stereocenters. The molecule has 1 aromatic heterocycles. The summed E-state index contributed by atoms with van der Waals surface area (Å²) in [4.78, 5) is 29.7. The highest BCUT2D eigenvalue weighted by Gasteiger charge is 2.39. The Morgan fingerprint density at radius 1 is 1.39 bits per heavy atom. The average Bonchev–Trinajstić information content (AvgIpc) is 3.39. The van der Waals surface area contributed by atoms with Gasteiger partial charge in [-0.2, -0.15) is 5.10 Å². The Morgan fingerprint density at radius 3 is 2.89 bits per heavy atom. The third-order valence-electron chi connectivity index (χ3n) is 5.93. The van der Waals surface area contributed by atoms with E-state index in [-0.39, 0.29) is 23.8 Å². The molecule has 2 heterocycles. The number of aromatic nitrogens is 2. The molecule has 1 saturated heterocycles. The highest BCUT2D eigenvalue weighted by molar-refractivity contribution is 5.81. The second kappa shape index (κ2) is 9.22. The van der Waals surface area contributed by atoms with Crippen LogP contribution < -0.4 is 0 Å². The number of hydrogen-bond acceptors (Lipinski definition) is 4. The Balaban J connectivity index is 1.72. The summed E-state index contributed by atoms with van der Waals surface area (Å²) in [5.41, 5.74) is 4.55. The van der Waals surface area contributed by atoms with Gasteiger partial charge in [-0.1, -0.05) is 6.58 Å². The summed E-state index contributed by atoms with van der Waals surface area (Å²) in [6.07, 6.45) is 6.70. The van der Waals surface area contributed by atoms with Crippen LogP contribution in [0.2, 0.25) is 0 Å². The van der Waals surface area contributed by atoms with Crippen molar-refractivity contribution < 1.29 is 14.3 Å². The minimum absolute atomic E-state index is 0.0442. The van der Waals surface area contributed by atoms with Crippen LogP contribution in [0.5, 0.6) is 0 Å². The van der Waals surface area contributed by atoms with Gasteiger partial charge in [0.1, 0.15) is 0 Å². The minimum atomic E-state index is -0.168. The van der Waals surface area contributed by atoms with Crippen LogP contribution in [0.1, 0.15) is 44.2 Å². The lowest BCUT2D eigenvalue weighted by atomic mass is 9.99. The van der Waals surface area contributed by atoms with E-state index >= 15 is 0 Å². The summed E-state index contributed by atoms with van der Waals surface area (Å²) in [7, 11) is 1.71. The monoisotopic (exact) mass is 386 g/mol. The molecular formula is C21H30N4O3. The van der Waals surface area contributed by atoms with Gasteiger partial charge in [0.05, 0.1) is 18.7 Å². The van der Waals surface area contributed by atoms with E-state index in [1.54, 1.807) is 13.3 Å². The van der Waals surface area contributed by atoms with E-state index in [4.69, 9.17) is 4.74 Å². The first kappa shape index (κ1) is 20.4. The molecule has 1 unspecified atom stereocenters. The van der Waals surface area contributed by atoms with E-state index in [1.807, 2.05) is 22.9 Å². The number of carbonyl (C=O) groups is 2. The first-order valence-corrected chi connectivity index (χ1v) is 9.94. The number of methoxy groups -OCH3 is 1. The molecule has 2 aliphatic rings. The van der Waals surface area contributed by atoms with Gasteiger partial charge in [0, 0.05) is 51.0 Å². The molecule has 1 aliphatic carbocycles. The largest absolute Gasteiger partial charge is 0.384 e. The maximum absolute atomic E-state index is 13.3. The van der Waals surface area contributed by atoms with Gasteiger partial charge >= 0.3 is 0 Å². The van der Waals surface area contributed by atoms with Gasteiger partial charge in [-0.15, -0.1) is 5.73 Å². The number of carbonyl (C=O) groups excluding carboxylic acids is 2. The summed E-state index contributed by atoms with van der Waals surface area (Å²) in [5, 5.41) is 6.89. The lowest BCUT2D eigenvalue weighted by Gasteiger charge is -2.42. The number of H-pyrrole nitrogens is 1. The number of rotatable bonds is 6. The van der Waals surface area contributed by atoms with Gasteiger partial charge < -0.3 is 14.5 Å². The van der Waals surface area contributed by atoms with Gasteiger partial charge in [0.15, 0.2) is 0 Å². The molecule has 0 bridgehead atoms. The Labute approximate surface area is 166 Å². The molecule has 3 rings (SSSR count). The predicted octanol–water partition coefficient (Wildman–Crippen LogP) is 2.31. The van der Waals surface area contributed by atoms with Crippen molar-refractivity contribution in [2.45, 2.75) is 38.6 Å². The van der Waals surface area contributed by atoms with Gasteiger partial charge in [0.25, 0.3) is 0 Å². The zero-order valence-electron chi connectivity index (χ0n) is 16.8. The van der Waals surface area contributed by atoms with Crippen LogP contribution >= 0.6 is 0 Å². The van der Waals surface area contributed by atoms with Crippen molar-refractivity contribution in [3.63, 3.8) is 0 Å². The fourth-order valence-electron chi connectivity index (χ4n) is 4.32. The summed E-state index contributed by atoms with van der Waals surface area (Å²) >= 11 is 0. The fraction of sp³-hybridized carbons (Fsp3) is 0.619. The number of nitrogens with zero attached hydrogens (tertiary/aromatic N) is 3. The van der Waals surface area contributed by atoms with E-state index in [2.05, 4.69) is 22.5 Å². The standard InChI is InChI=1S/C21H30N4O3/c1-4-15(2)9-20(26)24-7-8-25(19(13-24)18-11-22-23-12-18)21(27)17-6-5-16(10-17)14-28-3/h11-12,16-17,19H,1,5-10,13-14H2,2-3H3,(H,22,23)/t16-,17+,19?/m1/s1. The quantitative estimate of drug-likeness (QED) is 0.761. The molecule has 1 saturated carbocycles. The molecule has 7 heteroatoms. The zero-order valence-corrected chi connectivity index (χ0v) is 16.8. The molecule has 1 aliphatic heterocycles. The molecule has 28 heavy (non-hydrogen) atoms. The second-order valence-electron chi connectivity index (χ2n) is 7.88. The van der Waals surface area contributed by atoms with Crippen molar-refractivity contribution in [2.24, 2.45) is 11.8 Å². The van der Waals surface area contributed by atoms with Crippen molar-refractivity contribution in [1.29, 1.82) is 0 Å². The lowest BCUT2D eigenvalue weighted by Crippen LogP contribution is -2.53. The Kier molecular flexibility index (Phi) is 6.70. The van der Waals surface area contributed by atoms with Crippen LogP contribution in [0.3, 0.4) is 0 Å². The molecule has 2 fully saturated rings. The number of hydrogen-bond donors (Lipinski definition) is 1. The third-order valence-corrected chi connectivity index (χ3v) is 5.93. The molecular weight excluding hydrogens is 356 g/mol. The van der Waals surface area contributed by atoms with Gasteiger partial charge in [-0.3, -0.25) is 14.7 Å². The summed E-state index contributed by atoms with van der Waals surface area (Å²) < 4.78 is 5.27. The van der Waals surface area contributed by atoms with Crippen molar-refractivity contribution >= 4 is 11.8 Å². The summed E-state index contributed by atoms with van der Waals surface area (Å²) in [6, 6.07) is -0.168. The second-order valence-corrected chi connectivity index (χ2v) is 7.88. The van der Waals surface area contributed by atoms with Crippen LogP contribution in [0.25, 0.3) is 0 Å². The highest BCUT2D eigenvalue weighted by atomic mass is 16.5. The Hall–Kier alpha value is -2.37. The lowest BCUT2D eigenvalue weighted by molar-refractivity contribution is -0.145. The van der Waals surface area contributed by atoms with Crippen LogP contribution in [-0.2, 0) is 14.3 Å². The van der Waals surface area contributed by atoms with Crippen LogP contribution in [0.15, 0.2) is 30.3 Å². The van der Waals surface area contributed by atoms with Crippen LogP contribution in [0, 0.1) is 11.8 Å². The zero-order chi connectivity index (χ0) is 20.1. The van der Waals surface area contributed by atoms with E-state index in [1.165, 1.54) is 0 Å². The summed E-state index contributed by atoms with van der Waals surface area (Å²) in [5.74, 6) is 0.750. The first-order chi connectivity index (χ1) is 13.5. The molecule has 1 aromatic rings. The van der Waals surface area contributed by atoms with E-state index in [0.717, 1.165) is 30.4 Å². The van der Waals surface area contributed by atoms with E-state index in [9.17, 15) is 9.59 Å². The normalized spacial score (nSPS) is 24.9. The predicted molar refractivity (Wildman–Crippen MR) is 105 cm³/mol. The van der Waals surface area contributed by atoms with E-state index < -0.39 is 0 Å². The highest BCUT2D eigenvalue weighted by Crippen LogP contribution is 2.35. The van der Waals surface area contributed by atoms with Crippen molar-refractivity contribution in [2.75, 3.05) is 33.4 Å². The maximum Gasteiger partial charge on any atom is 0.227 e. The molecule has 0 spiro atoms. The maximum atomic E-state index is 13.3. The van der Waals surface area contributed by atoms with Crippen LogP contribution in [-0.4, -0.2) is 65.2 Å². The average molecular weight is 386 g/mol. The third kappa shape index (κ3) is 4.54. The topological polar surface area (TPSA) is 78.5 Å². The Morgan fingerprint density at radius 2 is 2.21 bits per heavy atom. The number of amides is 2. The fourth-order valence-corrected chi connectivity index (χ4v) is 4.32. The molecule has 2 amide bonds. The van der Waals surface area contributed by atoms with Gasteiger partial charge in [-0.05, 0) is 37.7 Å². The molecule has 152 valence electrons. The number of nitrogens with one attached hydrogen (secondary N) is 1. The number of piperazine rings is 1. The molecule has 0 radical (unpaired) electrons. The summed E-state index contributed by atoms with van der Waals surface area (Å²) in [6.45, 7) is 7.76. The Bertz CT molecular complexity index is 739. The van der Waals surface area contributed by atoms with Crippen molar-refractivity contribution in [1.82, 2.24) is 20.0 Å². The number of aromatic amines is 1. The van der Waals surface area contributed by atoms with E-state index in [0.29, 0.717) is 38.6 Å². The first-order valence-electron chi connectivity index (χ1n) is 9.94. The van der Waals surface area contributed by atoms with Crippen LogP contribution in [0.4, 0.5) is 0 Å². The van der Waals surface area contributed by atoms with Gasteiger partial charge in [0.2, 0.25) is 11.8 Å². The van der Waals surface area contributed by atoms with Crippen molar-refractivity contribution in [3.8, 4) is 0 Å². The smallest absolute Gasteiger partial charge is 0.227 e. The molecule has 0 aromatic carbocycles. The number of ether oxygens (including phenoxy) is 1. The van der Waals surface area contributed by atoms with Gasteiger partial charge in [-0.25, -0.2) is 0 Å².